The summed E-state index contributed by atoms with van der Waals surface area (Å²) in [6.45, 7) is 6.51. The molecule has 140 valence electrons. The average molecular weight is 401 g/mol. The Morgan fingerprint density at radius 3 is 2.22 bits per heavy atom. The molecule has 3 nitrogen and oxygen atoms in total. The Hall–Kier alpha value is -2.23. The predicted octanol–water partition coefficient (Wildman–Crippen LogP) is 7.16. The number of nitrogens with zero attached hydrogens (tertiary/aromatic N) is 2. The topological polar surface area (TPSA) is 25.4 Å². The number of para-hydroxylation sites is 1. The largest absolute Gasteiger partial charge is 0.497 e. The summed E-state index contributed by atoms with van der Waals surface area (Å²) >= 11 is 13.1. The molecule has 0 saturated heterocycles. The molecule has 0 amide bonds. The van der Waals surface area contributed by atoms with Crippen LogP contribution in [0, 0.1) is 0 Å². The molecule has 0 aliphatic carbocycles. The van der Waals surface area contributed by atoms with Gasteiger partial charge in [0.15, 0.2) is 0 Å². The Kier molecular flexibility index (Phi) is 5.64. The van der Waals surface area contributed by atoms with Gasteiger partial charge in [-0.25, -0.2) is 4.98 Å². The lowest BCUT2D eigenvalue weighted by atomic mass is 9.88. The van der Waals surface area contributed by atoms with Crippen LogP contribution in [0.25, 0.3) is 0 Å². The zero-order valence-corrected chi connectivity index (χ0v) is 17.3. The summed E-state index contributed by atoms with van der Waals surface area (Å²) in [6, 6.07) is 17.3. The summed E-state index contributed by atoms with van der Waals surface area (Å²) in [7, 11) is 1.64. The van der Waals surface area contributed by atoms with E-state index in [0.29, 0.717) is 15.7 Å². The molecule has 0 aliphatic rings. The molecular weight excluding hydrogens is 379 g/mol. The van der Waals surface area contributed by atoms with Crippen LogP contribution in [0.2, 0.25) is 10.0 Å². The lowest BCUT2D eigenvalue weighted by molar-refractivity contribution is 0.415. The number of hydrogen-bond acceptors (Lipinski definition) is 3. The van der Waals surface area contributed by atoms with Crippen molar-refractivity contribution < 1.29 is 4.74 Å². The summed E-state index contributed by atoms with van der Waals surface area (Å²) in [6.07, 6.45) is 1.81. The molecule has 2 aromatic carbocycles. The van der Waals surface area contributed by atoms with Crippen LogP contribution < -0.4 is 9.64 Å². The first-order valence-corrected chi connectivity index (χ1v) is 9.41. The zero-order valence-electron chi connectivity index (χ0n) is 15.8. The summed E-state index contributed by atoms with van der Waals surface area (Å²) in [4.78, 5) is 6.57. The number of anilines is 3. The fraction of sp³-hybridized carbons (Fsp3) is 0.227. The van der Waals surface area contributed by atoms with E-state index in [0.717, 1.165) is 17.3 Å². The number of ether oxygens (including phenoxy) is 1. The Labute approximate surface area is 170 Å². The fourth-order valence-corrected chi connectivity index (χ4v) is 3.40. The van der Waals surface area contributed by atoms with Gasteiger partial charge in [-0.05, 0) is 47.4 Å². The van der Waals surface area contributed by atoms with E-state index in [1.807, 2.05) is 59.6 Å². The van der Waals surface area contributed by atoms with Crippen molar-refractivity contribution in [1.82, 2.24) is 4.98 Å². The van der Waals surface area contributed by atoms with Crippen LogP contribution in [0.15, 0.2) is 60.8 Å². The van der Waals surface area contributed by atoms with E-state index in [1.165, 1.54) is 5.56 Å². The SMILES string of the molecule is COc1cccc(N(c2cc(C(C)(C)C)ccn2)c2c(Cl)cccc2Cl)c1. The smallest absolute Gasteiger partial charge is 0.137 e. The third kappa shape index (κ3) is 4.20. The highest BCUT2D eigenvalue weighted by Gasteiger charge is 2.22. The minimum atomic E-state index is -0.0119. The normalized spacial score (nSPS) is 11.3. The van der Waals surface area contributed by atoms with Crippen molar-refractivity contribution in [1.29, 1.82) is 0 Å². The summed E-state index contributed by atoms with van der Waals surface area (Å²) in [5.74, 6) is 1.48. The quantitative estimate of drug-likeness (QED) is 0.464. The minimum absolute atomic E-state index is 0.0119. The van der Waals surface area contributed by atoms with Crippen LogP contribution in [0.4, 0.5) is 17.2 Å². The molecule has 1 aromatic heterocycles. The van der Waals surface area contributed by atoms with Gasteiger partial charge in [0.05, 0.1) is 28.5 Å². The van der Waals surface area contributed by atoms with Gasteiger partial charge in [-0.15, -0.1) is 0 Å². The molecule has 0 saturated carbocycles. The van der Waals surface area contributed by atoms with Crippen molar-refractivity contribution in [2.24, 2.45) is 0 Å². The van der Waals surface area contributed by atoms with Crippen molar-refractivity contribution in [2.75, 3.05) is 12.0 Å². The first kappa shape index (κ1) is 19.5. The van der Waals surface area contributed by atoms with Crippen LogP contribution in [0.3, 0.4) is 0 Å². The first-order chi connectivity index (χ1) is 12.8. The molecule has 0 unspecified atom stereocenters. The summed E-state index contributed by atoms with van der Waals surface area (Å²) in [5.41, 5.74) is 2.71. The van der Waals surface area contributed by atoms with Crippen molar-refractivity contribution in [2.45, 2.75) is 26.2 Å². The predicted molar refractivity (Wildman–Crippen MR) is 114 cm³/mol. The number of halogens is 2. The lowest BCUT2D eigenvalue weighted by Crippen LogP contribution is -2.16. The monoisotopic (exact) mass is 400 g/mol. The standard InChI is InChI=1S/C22H22Cl2N2O/c1-22(2,3)15-11-12-25-20(13-15)26(16-7-5-8-17(14-16)27-4)21-18(23)9-6-10-19(21)24/h5-14H,1-4H3. The van der Waals surface area contributed by atoms with Gasteiger partial charge >= 0.3 is 0 Å². The maximum Gasteiger partial charge on any atom is 0.137 e. The number of pyridine rings is 1. The summed E-state index contributed by atoms with van der Waals surface area (Å²) < 4.78 is 5.40. The molecule has 0 aliphatic heterocycles. The van der Waals surface area contributed by atoms with Gasteiger partial charge in [0, 0.05) is 12.3 Å². The van der Waals surface area contributed by atoms with E-state index in [1.54, 1.807) is 7.11 Å². The second kappa shape index (κ2) is 7.79. The van der Waals surface area contributed by atoms with E-state index in [4.69, 9.17) is 27.9 Å². The number of rotatable bonds is 4. The third-order valence-corrected chi connectivity index (χ3v) is 4.92. The summed E-state index contributed by atoms with van der Waals surface area (Å²) in [5, 5.41) is 1.10. The Morgan fingerprint density at radius 2 is 1.59 bits per heavy atom. The molecule has 5 heteroatoms. The molecule has 0 atom stereocenters. The van der Waals surface area contributed by atoms with Crippen LogP contribution in [-0.2, 0) is 5.41 Å². The molecule has 1 heterocycles. The van der Waals surface area contributed by atoms with Gasteiger partial charge in [0.1, 0.15) is 11.6 Å². The Balaban J connectivity index is 2.25. The molecule has 27 heavy (non-hydrogen) atoms. The number of hydrogen-bond donors (Lipinski definition) is 0. The Bertz CT molecular complexity index is 931. The fourth-order valence-electron chi connectivity index (χ4n) is 2.84. The number of methoxy groups -OCH3 is 1. The molecule has 3 aromatic rings. The highest BCUT2D eigenvalue weighted by molar-refractivity contribution is 6.39. The van der Waals surface area contributed by atoms with Crippen LogP contribution in [0.1, 0.15) is 26.3 Å². The number of benzene rings is 2. The second-order valence-electron chi connectivity index (χ2n) is 7.26. The van der Waals surface area contributed by atoms with Gasteiger partial charge in [-0.3, -0.25) is 4.90 Å². The van der Waals surface area contributed by atoms with Gasteiger partial charge < -0.3 is 4.74 Å². The van der Waals surface area contributed by atoms with Gasteiger partial charge in [0.2, 0.25) is 0 Å². The molecule has 0 spiro atoms. The third-order valence-electron chi connectivity index (χ3n) is 4.31. The maximum absolute atomic E-state index is 6.54. The van der Waals surface area contributed by atoms with Crippen molar-refractivity contribution in [3.05, 3.63) is 76.4 Å². The molecule has 0 bridgehead atoms. The van der Waals surface area contributed by atoms with Gasteiger partial charge in [-0.2, -0.15) is 0 Å². The number of aromatic nitrogens is 1. The first-order valence-electron chi connectivity index (χ1n) is 8.66. The molecular formula is C22H22Cl2N2O. The van der Waals surface area contributed by atoms with Crippen molar-refractivity contribution in [3.63, 3.8) is 0 Å². The molecule has 0 N–H and O–H groups in total. The van der Waals surface area contributed by atoms with Crippen LogP contribution >= 0.6 is 23.2 Å². The molecule has 3 rings (SSSR count). The zero-order chi connectivity index (χ0) is 19.6. The van der Waals surface area contributed by atoms with Gasteiger partial charge in [0.25, 0.3) is 0 Å². The van der Waals surface area contributed by atoms with Gasteiger partial charge in [-0.1, -0.05) is 56.1 Å². The van der Waals surface area contributed by atoms with Crippen LogP contribution in [0.5, 0.6) is 5.75 Å². The van der Waals surface area contributed by atoms with Crippen LogP contribution in [-0.4, -0.2) is 12.1 Å². The van der Waals surface area contributed by atoms with E-state index in [9.17, 15) is 0 Å². The van der Waals surface area contributed by atoms with E-state index >= 15 is 0 Å². The van der Waals surface area contributed by atoms with E-state index in [-0.39, 0.29) is 5.41 Å². The molecule has 0 fully saturated rings. The lowest BCUT2D eigenvalue weighted by Gasteiger charge is -2.28. The maximum atomic E-state index is 6.54. The van der Waals surface area contributed by atoms with Crippen molar-refractivity contribution in [3.8, 4) is 5.75 Å². The van der Waals surface area contributed by atoms with E-state index < -0.39 is 0 Å². The second-order valence-corrected chi connectivity index (χ2v) is 8.07. The molecule has 0 radical (unpaired) electrons. The van der Waals surface area contributed by atoms with E-state index in [2.05, 4.69) is 31.8 Å². The Morgan fingerprint density at radius 1 is 0.926 bits per heavy atom. The highest BCUT2D eigenvalue weighted by atomic mass is 35.5. The minimum Gasteiger partial charge on any atom is -0.497 e. The highest BCUT2D eigenvalue weighted by Crippen LogP contribution is 2.43. The van der Waals surface area contributed by atoms with Crippen molar-refractivity contribution >= 4 is 40.4 Å². The average Bonchev–Trinajstić information content (AvgIpc) is 2.64.